The summed E-state index contributed by atoms with van der Waals surface area (Å²) >= 11 is 0. The average molecular weight is 342 g/mol. The first-order valence-corrected chi connectivity index (χ1v) is 9.45. The Bertz CT molecular complexity index is 638. The minimum Gasteiger partial charge on any atom is -0.506 e. The molecule has 6 nitrogen and oxygen atoms in total. The lowest BCUT2D eigenvalue weighted by Gasteiger charge is -2.18. The Balaban J connectivity index is 1.95. The molecule has 7 heteroatoms. The fourth-order valence-electron chi connectivity index (χ4n) is 2.71. The summed E-state index contributed by atoms with van der Waals surface area (Å²) in [5.41, 5.74) is 0.718. The van der Waals surface area contributed by atoms with E-state index in [9.17, 15) is 18.6 Å². The summed E-state index contributed by atoms with van der Waals surface area (Å²) < 4.78 is 27.4. The Morgan fingerprint density at radius 3 is 2.61 bits per heavy atom. The predicted octanol–water partition coefficient (Wildman–Crippen LogP) is 1.92. The van der Waals surface area contributed by atoms with Crippen molar-refractivity contribution in [2.24, 2.45) is 0 Å². The number of hydrogen-bond donors (Lipinski definition) is 3. The lowest BCUT2D eigenvalue weighted by molar-refractivity contribution is 0.0681. The number of nitrogens with zero attached hydrogens (tertiary/aromatic N) is 1. The molecule has 1 aromatic carbocycles. The van der Waals surface area contributed by atoms with Crippen LogP contribution in [0.3, 0.4) is 0 Å². The fourth-order valence-corrected chi connectivity index (χ4v) is 3.95. The van der Waals surface area contributed by atoms with Gasteiger partial charge in [0.05, 0.1) is 11.3 Å². The highest BCUT2D eigenvalue weighted by atomic mass is 32.2. The molecular weight excluding hydrogens is 316 g/mol. The fraction of sp³-hybridized carbons (Fsp3) is 0.625. The molecule has 0 aliphatic carbocycles. The van der Waals surface area contributed by atoms with Crippen molar-refractivity contribution < 1.29 is 18.6 Å². The van der Waals surface area contributed by atoms with Crippen LogP contribution in [0.4, 0.5) is 5.69 Å². The smallest absolute Gasteiger partial charge is 0.301 e. The SMILES string of the molecule is CC(C)(O)CCCCCc1ccc(O)c(N2CCNS2(=O)=O)c1. The first kappa shape index (κ1) is 18.0. The molecular formula is C16H26N2O4S. The van der Waals surface area contributed by atoms with Crippen molar-refractivity contribution >= 4 is 15.9 Å². The first-order valence-electron chi connectivity index (χ1n) is 8.01. The van der Waals surface area contributed by atoms with E-state index in [2.05, 4.69) is 4.72 Å². The highest BCUT2D eigenvalue weighted by Gasteiger charge is 2.29. The molecule has 0 amide bonds. The summed E-state index contributed by atoms with van der Waals surface area (Å²) in [7, 11) is -3.53. The highest BCUT2D eigenvalue weighted by Crippen LogP contribution is 2.31. The Morgan fingerprint density at radius 2 is 2.00 bits per heavy atom. The molecule has 1 aliphatic heterocycles. The molecule has 0 bridgehead atoms. The van der Waals surface area contributed by atoms with Crippen LogP contribution in [0.1, 0.15) is 45.1 Å². The van der Waals surface area contributed by atoms with Gasteiger partial charge in [-0.15, -0.1) is 0 Å². The Hall–Kier alpha value is -1.31. The molecule has 3 N–H and O–H groups in total. The Kier molecular flexibility index (Phi) is 5.54. The standard InChI is InChI=1S/C16H26N2O4S/c1-16(2,20)9-5-3-4-6-13-7-8-15(19)14(12-13)18-11-10-17-23(18,21)22/h7-8,12,17,19-20H,3-6,9-11H2,1-2H3. The van der Waals surface area contributed by atoms with Crippen LogP contribution in [0.15, 0.2) is 18.2 Å². The van der Waals surface area contributed by atoms with Gasteiger partial charge in [0.15, 0.2) is 0 Å². The van der Waals surface area contributed by atoms with Crippen molar-refractivity contribution in [2.45, 2.75) is 51.6 Å². The molecule has 0 spiro atoms. The Labute approximate surface area is 138 Å². The second kappa shape index (κ2) is 7.07. The summed E-state index contributed by atoms with van der Waals surface area (Å²) in [6.07, 6.45) is 4.51. The van der Waals surface area contributed by atoms with E-state index in [1.165, 1.54) is 4.31 Å². The third kappa shape index (κ3) is 5.09. The number of aryl methyl sites for hydroxylation is 1. The number of aliphatic hydroxyl groups is 1. The van der Waals surface area contributed by atoms with Crippen molar-refractivity contribution in [3.8, 4) is 5.75 Å². The first-order chi connectivity index (χ1) is 10.7. The molecule has 1 aromatic rings. The Morgan fingerprint density at radius 1 is 1.26 bits per heavy atom. The van der Waals surface area contributed by atoms with Crippen LogP contribution in [-0.2, 0) is 16.6 Å². The summed E-state index contributed by atoms with van der Waals surface area (Å²) in [6, 6.07) is 5.12. The van der Waals surface area contributed by atoms with E-state index in [4.69, 9.17) is 0 Å². The van der Waals surface area contributed by atoms with Crippen LogP contribution in [0.2, 0.25) is 0 Å². The van der Waals surface area contributed by atoms with E-state index >= 15 is 0 Å². The zero-order chi connectivity index (χ0) is 17.1. The molecule has 2 rings (SSSR count). The number of unbranched alkanes of at least 4 members (excludes halogenated alkanes) is 2. The second-order valence-electron chi connectivity index (χ2n) is 6.67. The van der Waals surface area contributed by atoms with Crippen LogP contribution in [0.25, 0.3) is 0 Å². The molecule has 23 heavy (non-hydrogen) atoms. The number of phenols is 1. The van der Waals surface area contributed by atoms with Gasteiger partial charge in [-0.1, -0.05) is 18.9 Å². The van der Waals surface area contributed by atoms with E-state index in [0.29, 0.717) is 18.8 Å². The summed E-state index contributed by atoms with van der Waals surface area (Å²) in [5.74, 6) is -0.0249. The molecule has 1 saturated heterocycles. The van der Waals surface area contributed by atoms with Gasteiger partial charge in [0, 0.05) is 13.1 Å². The molecule has 1 heterocycles. The second-order valence-corrected chi connectivity index (χ2v) is 8.35. The van der Waals surface area contributed by atoms with Crippen LogP contribution < -0.4 is 9.03 Å². The van der Waals surface area contributed by atoms with E-state index in [1.54, 1.807) is 12.1 Å². The van der Waals surface area contributed by atoms with E-state index < -0.39 is 15.8 Å². The number of hydrogen-bond acceptors (Lipinski definition) is 4. The maximum atomic E-state index is 11.9. The molecule has 1 aliphatic rings. The third-order valence-corrected chi connectivity index (χ3v) is 5.48. The normalized spacial score (nSPS) is 17.6. The molecule has 130 valence electrons. The number of phenolic OH excluding ortho intramolecular Hbond substituents is 1. The van der Waals surface area contributed by atoms with Gasteiger partial charge in [0.1, 0.15) is 5.75 Å². The number of rotatable bonds is 7. The number of anilines is 1. The maximum Gasteiger partial charge on any atom is 0.301 e. The number of benzene rings is 1. The van der Waals surface area contributed by atoms with Gasteiger partial charge in [-0.05, 0) is 50.8 Å². The van der Waals surface area contributed by atoms with Crippen molar-refractivity contribution in [3.05, 3.63) is 23.8 Å². The molecule has 0 atom stereocenters. The van der Waals surface area contributed by atoms with Crippen LogP contribution in [0.5, 0.6) is 5.75 Å². The molecule has 0 aromatic heterocycles. The molecule has 1 fully saturated rings. The topological polar surface area (TPSA) is 89.9 Å². The van der Waals surface area contributed by atoms with Crippen LogP contribution in [0, 0.1) is 0 Å². The quantitative estimate of drug-likeness (QED) is 0.660. The lowest BCUT2D eigenvalue weighted by Crippen LogP contribution is -2.29. The summed E-state index contributed by atoms with van der Waals surface area (Å²) in [5, 5.41) is 19.6. The summed E-state index contributed by atoms with van der Waals surface area (Å²) in [4.78, 5) is 0. The zero-order valence-corrected chi connectivity index (χ0v) is 14.6. The average Bonchev–Trinajstić information content (AvgIpc) is 2.78. The van der Waals surface area contributed by atoms with Gasteiger partial charge >= 0.3 is 10.2 Å². The highest BCUT2D eigenvalue weighted by molar-refractivity contribution is 7.91. The van der Waals surface area contributed by atoms with Gasteiger partial charge < -0.3 is 10.2 Å². The van der Waals surface area contributed by atoms with Gasteiger partial charge in [0.25, 0.3) is 0 Å². The minimum atomic E-state index is -3.53. The molecule has 0 unspecified atom stereocenters. The van der Waals surface area contributed by atoms with Crippen molar-refractivity contribution in [3.63, 3.8) is 0 Å². The van der Waals surface area contributed by atoms with Crippen molar-refractivity contribution in [2.75, 3.05) is 17.4 Å². The lowest BCUT2D eigenvalue weighted by atomic mass is 9.99. The maximum absolute atomic E-state index is 11.9. The van der Waals surface area contributed by atoms with E-state index in [1.807, 2.05) is 19.9 Å². The van der Waals surface area contributed by atoms with Gasteiger partial charge in [0.2, 0.25) is 0 Å². The van der Waals surface area contributed by atoms with Gasteiger partial charge in [-0.2, -0.15) is 13.1 Å². The predicted molar refractivity (Wildman–Crippen MR) is 90.8 cm³/mol. The van der Waals surface area contributed by atoms with Crippen LogP contribution >= 0.6 is 0 Å². The molecule has 0 saturated carbocycles. The van der Waals surface area contributed by atoms with Crippen molar-refractivity contribution in [1.82, 2.24) is 4.72 Å². The minimum absolute atomic E-state index is 0.0249. The van der Waals surface area contributed by atoms with Crippen molar-refractivity contribution in [1.29, 1.82) is 0 Å². The van der Waals surface area contributed by atoms with Gasteiger partial charge in [-0.25, -0.2) is 0 Å². The number of nitrogens with one attached hydrogen (secondary N) is 1. The van der Waals surface area contributed by atoms with E-state index in [0.717, 1.165) is 37.7 Å². The number of aromatic hydroxyl groups is 1. The zero-order valence-electron chi connectivity index (χ0n) is 13.7. The third-order valence-electron chi connectivity index (χ3n) is 3.95. The van der Waals surface area contributed by atoms with Gasteiger partial charge in [-0.3, -0.25) is 4.31 Å². The largest absolute Gasteiger partial charge is 0.506 e. The summed E-state index contributed by atoms with van der Waals surface area (Å²) in [6.45, 7) is 4.29. The monoisotopic (exact) mass is 342 g/mol. The van der Waals surface area contributed by atoms with E-state index in [-0.39, 0.29) is 5.75 Å². The molecule has 0 radical (unpaired) electrons. The van der Waals surface area contributed by atoms with Crippen LogP contribution in [-0.4, -0.2) is 37.3 Å².